The molecule has 11 nitrogen and oxygen atoms in total. The van der Waals surface area contributed by atoms with Crippen LogP contribution in [0.25, 0.3) is 39.2 Å². The smallest absolute Gasteiger partial charge is 0.268 e. The van der Waals surface area contributed by atoms with Crippen molar-refractivity contribution >= 4 is 40.6 Å². The number of rotatable bonds is 9. The minimum absolute atomic E-state index is 0.0906. The zero-order valence-corrected chi connectivity index (χ0v) is 28.1. The van der Waals surface area contributed by atoms with Gasteiger partial charge in [-0.2, -0.15) is 0 Å². The Bertz CT molecular complexity index is 2170. The highest BCUT2D eigenvalue weighted by atomic mass is 35.5. The predicted molar refractivity (Wildman–Crippen MR) is 190 cm³/mol. The van der Waals surface area contributed by atoms with Gasteiger partial charge in [-0.1, -0.05) is 65.7 Å². The van der Waals surface area contributed by atoms with Gasteiger partial charge in [0.1, 0.15) is 17.0 Å². The van der Waals surface area contributed by atoms with E-state index in [1.807, 2.05) is 60.7 Å². The van der Waals surface area contributed by atoms with E-state index in [0.717, 1.165) is 39.8 Å². The van der Waals surface area contributed by atoms with E-state index < -0.39 is 6.10 Å². The van der Waals surface area contributed by atoms with Crippen molar-refractivity contribution in [1.82, 2.24) is 30.3 Å². The number of aliphatic hydroxyl groups is 1. The summed E-state index contributed by atoms with van der Waals surface area (Å²) in [5.41, 5.74) is 5.79. The molecule has 5 aromatic rings. The summed E-state index contributed by atoms with van der Waals surface area (Å²) in [5, 5.41) is 20.1. The minimum Gasteiger partial charge on any atom is -0.481 e. The summed E-state index contributed by atoms with van der Waals surface area (Å²) in [4.78, 5) is 38.4. The molecule has 0 radical (unpaired) electrons. The number of β-amino-alcohol motifs (C(OH)–C–C–N with tert-alkyl or cyclic N) is 1. The van der Waals surface area contributed by atoms with Crippen molar-refractivity contribution in [3.05, 3.63) is 105 Å². The third-order valence-corrected chi connectivity index (χ3v) is 9.54. The lowest BCUT2D eigenvalue weighted by atomic mass is 9.97. The third kappa shape index (κ3) is 6.62. The highest BCUT2D eigenvalue weighted by Crippen LogP contribution is 2.42. The molecule has 0 bridgehead atoms. The summed E-state index contributed by atoms with van der Waals surface area (Å²) in [6.07, 6.45) is 3.97. The lowest BCUT2D eigenvalue weighted by Gasteiger charge is -2.18. The van der Waals surface area contributed by atoms with Gasteiger partial charge < -0.3 is 25.8 Å². The van der Waals surface area contributed by atoms with Crippen molar-refractivity contribution in [3.63, 3.8) is 0 Å². The predicted octanol–water partition coefficient (Wildman–Crippen LogP) is 4.48. The van der Waals surface area contributed by atoms with Gasteiger partial charge in [0.25, 0.3) is 5.56 Å². The number of hydrogen-bond donors (Lipinski definition) is 4. The molecule has 0 saturated carbocycles. The minimum atomic E-state index is -0.583. The van der Waals surface area contributed by atoms with Gasteiger partial charge in [0.15, 0.2) is 0 Å². The van der Waals surface area contributed by atoms with Gasteiger partial charge in [-0.05, 0) is 30.2 Å². The van der Waals surface area contributed by atoms with Gasteiger partial charge in [0, 0.05) is 72.3 Å². The van der Waals surface area contributed by atoms with E-state index in [1.165, 1.54) is 10.6 Å². The lowest BCUT2D eigenvalue weighted by Crippen LogP contribution is -2.42. The number of halogens is 2. The van der Waals surface area contributed by atoms with Crippen molar-refractivity contribution in [2.45, 2.75) is 31.5 Å². The Morgan fingerprint density at radius 3 is 2.47 bits per heavy atom. The number of aliphatic hydroxyl groups excluding tert-OH is 1. The Morgan fingerprint density at radius 2 is 1.76 bits per heavy atom. The molecule has 2 aromatic carbocycles. The zero-order chi connectivity index (χ0) is 34.1. The molecule has 2 aliphatic heterocycles. The van der Waals surface area contributed by atoms with E-state index in [4.69, 9.17) is 32.9 Å². The van der Waals surface area contributed by atoms with Gasteiger partial charge in [0.05, 0.1) is 35.5 Å². The zero-order valence-electron chi connectivity index (χ0n) is 26.5. The Balaban J connectivity index is 1.16. The molecule has 1 amide bonds. The van der Waals surface area contributed by atoms with Gasteiger partial charge in [-0.15, -0.1) is 0 Å². The molecule has 13 heteroatoms. The molecule has 2 unspecified atom stereocenters. The van der Waals surface area contributed by atoms with Crippen molar-refractivity contribution in [2.75, 3.05) is 26.7 Å². The standard InChI is InChI=1S/C36H33Cl2N7O4/c1-49-35-21(15-39-16-22-9-11-31(47)43-22)8-10-29(44-35)27-7-3-6-26(33(27)38)25-5-2-4-24(32(25)37)20-12-13-45-30(14-20)40-19-28(36(45)48)34-41-17-23(46)18-42-34/h2-8,10,12-14,19,22-23,39,46H,9,11,15-18H2,1H3,(H,41,42)(H,43,47). The number of carbonyl (C=O) groups excluding carboxylic acids is 1. The summed E-state index contributed by atoms with van der Waals surface area (Å²) in [7, 11) is 1.59. The van der Waals surface area contributed by atoms with Crippen molar-refractivity contribution in [1.29, 1.82) is 0 Å². The molecule has 2 atom stereocenters. The molecule has 1 fully saturated rings. The van der Waals surface area contributed by atoms with Crippen LogP contribution in [0.2, 0.25) is 10.0 Å². The van der Waals surface area contributed by atoms with Crippen molar-refractivity contribution < 1.29 is 14.6 Å². The van der Waals surface area contributed by atoms with Crippen LogP contribution in [0.5, 0.6) is 5.88 Å². The Hall–Kier alpha value is -4.81. The Labute approximate surface area is 292 Å². The highest BCUT2D eigenvalue weighted by Gasteiger charge is 2.22. The quantitative estimate of drug-likeness (QED) is 0.177. The number of pyridine rings is 2. The number of nitrogens with one attached hydrogen (secondary N) is 3. The first-order valence-electron chi connectivity index (χ1n) is 15.9. The average molecular weight is 699 g/mol. The van der Waals surface area contributed by atoms with E-state index in [2.05, 4.69) is 25.9 Å². The number of amides is 1. The number of fused-ring (bicyclic) bond motifs is 1. The molecular weight excluding hydrogens is 665 g/mol. The second-order valence-electron chi connectivity index (χ2n) is 12.0. The number of aromatic nitrogens is 3. The highest BCUT2D eigenvalue weighted by molar-refractivity contribution is 6.39. The summed E-state index contributed by atoms with van der Waals surface area (Å²) < 4.78 is 7.10. The number of aliphatic imine (C=N–C) groups is 1. The number of hydrogen-bond acceptors (Lipinski definition) is 9. The van der Waals surface area contributed by atoms with Crippen LogP contribution < -0.4 is 26.2 Å². The fraction of sp³-hybridized carbons (Fsp3) is 0.250. The number of nitrogens with zero attached hydrogens (tertiary/aromatic N) is 4. The van der Waals surface area contributed by atoms with Crippen LogP contribution in [-0.2, 0) is 11.3 Å². The molecular formula is C36H33Cl2N7O4. The molecule has 3 aromatic heterocycles. The second-order valence-corrected chi connectivity index (χ2v) is 12.7. The topological polar surface area (TPSA) is 142 Å². The van der Waals surface area contributed by atoms with Crippen LogP contribution in [-0.4, -0.2) is 70.1 Å². The summed E-state index contributed by atoms with van der Waals surface area (Å²) >= 11 is 14.2. The average Bonchev–Trinajstić information content (AvgIpc) is 3.54. The normalized spacial score (nSPS) is 17.5. The van der Waals surface area contributed by atoms with Crippen LogP contribution in [0.3, 0.4) is 0 Å². The largest absolute Gasteiger partial charge is 0.481 e. The number of benzene rings is 2. The van der Waals surface area contributed by atoms with Gasteiger partial charge >= 0.3 is 0 Å². The number of carbonyl (C=O) groups is 1. The van der Waals surface area contributed by atoms with Gasteiger partial charge in [-0.3, -0.25) is 19.0 Å². The maximum absolute atomic E-state index is 13.3. The first-order chi connectivity index (χ1) is 23.8. The summed E-state index contributed by atoms with van der Waals surface area (Å²) in [6, 6.07) is 19.1. The van der Waals surface area contributed by atoms with Crippen LogP contribution in [0.4, 0.5) is 0 Å². The Kier molecular flexibility index (Phi) is 9.33. The van der Waals surface area contributed by atoms with E-state index >= 15 is 0 Å². The van der Waals surface area contributed by atoms with Crippen LogP contribution >= 0.6 is 23.2 Å². The molecule has 0 spiro atoms. The monoisotopic (exact) mass is 697 g/mol. The van der Waals surface area contributed by atoms with E-state index in [-0.39, 0.29) is 24.1 Å². The van der Waals surface area contributed by atoms with Crippen molar-refractivity contribution in [2.24, 2.45) is 4.99 Å². The summed E-state index contributed by atoms with van der Waals surface area (Å²) in [6.45, 7) is 1.75. The first kappa shape index (κ1) is 32.7. The number of ether oxygens (including phenoxy) is 1. The molecule has 49 heavy (non-hydrogen) atoms. The molecule has 7 rings (SSSR count). The third-order valence-electron chi connectivity index (χ3n) is 8.73. The maximum Gasteiger partial charge on any atom is 0.268 e. The van der Waals surface area contributed by atoms with Gasteiger partial charge in [0.2, 0.25) is 11.8 Å². The number of amidine groups is 1. The fourth-order valence-corrected chi connectivity index (χ4v) is 6.82. The fourth-order valence-electron chi connectivity index (χ4n) is 6.16. The second kappa shape index (κ2) is 14.0. The van der Waals surface area contributed by atoms with Crippen LogP contribution in [0.15, 0.2) is 82.8 Å². The Morgan fingerprint density at radius 1 is 1.00 bits per heavy atom. The van der Waals surface area contributed by atoms with Crippen LogP contribution in [0, 0.1) is 0 Å². The molecule has 4 N–H and O–H groups in total. The molecule has 0 aliphatic carbocycles. The van der Waals surface area contributed by atoms with E-state index in [1.54, 1.807) is 13.3 Å². The summed E-state index contributed by atoms with van der Waals surface area (Å²) in [5.74, 6) is 0.998. The molecule has 1 saturated heterocycles. The molecule has 5 heterocycles. The van der Waals surface area contributed by atoms with E-state index in [0.29, 0.717) is 64.7 Å². The number of methoxy groups -OCH3 is 1. The van der Waals surface area contributed by atoms with Gasteiger partial charge in [-0.25, -0.2) is 9.97 Å². The van der Waals surface area contributed by atoms with Crippen LogP contribution in [0.1, 0.15) is 24.0 Å². The van der Waals surface area contributed by atoms with Crippen molar-refractivity contribution in [3.8, 4) is 39.4 Å². The first-order valence-corrected chi connectivity index (χ1v) is 16.7. The SMILES string of the molecule is COc1nc(-c2cccc(-c3cccc(-c4ccn5c(=O)c(C6=NCC(O)CN6)cnc5c4)c3Cl)c2Cl)ccc1CNCC1CCC(=O)N1. The maximum atomic E-state index is 13.3. The molecule has 250 valence electrons. The van der Waals surface area contributed by atoms with E-state index in [9.17, 15) is 14.7 Å². The molecule has 2 aliphatic rings. The lowest BCUT2D eigenvalue weighted by molar-refractivity contribution is -0.119.